The number of rotatable bonds is 4. The lowest BCUT2D eigenvalue weighted by molar-refractivity contribution is -0.140. The van der Waals surface area contributed by atoms with E-state index in [1.165, 1.54) is 7.11 Å². The molecule has 1 aliphatic rings. The Morgan fingerprint density at radius 2 is 2.17 bits per heavy atom. The lowest BCUT2D eigenvalue weighted by atomic mass is 9.84. The predicted molar refractivity (Wildman–Crippen MR) is 66.4 cm³/mol. The molecular weight excluding hydrogens is 236 g/mol. The van der Waals surface area contributed by atoms with E-state index in [2.05, 4.69) is 19.2 Å². The number of ether oxygens (including phenoxy) is 1. The lowest BCUT2D eigenvalue weighted by Gasteiger charge is -2.38. The molecule has 6 nitrogen and oxygen atoms in total. The van der Waals surface area contributed by atoms with Crippen molar-refractivity contribution in [1.82, 2.24) is 10.2 Å². The van der Waals surface area contributed by atoms with Crippen molar-refractivity contribution in [1.29, 1.82) is 0 Å². The molecule has 1 heterocycles. The Kier molecular flexibility index (Phi) is 4.95. The molecule has 1 rings (SSSR count). The van der Waals surface area contributed by atoms with E-state index in [9.17, 15) is 9.59 Å². The molecule has 1 saturated heterocycles. The van der Waals surface area contributed by atoms with Gasteiger partial charge in [-0.1, -0.05) is 13.8 Å². The molecular formula is C12H22N2O4. The zero-order valence-electron chi connectivity index (χ0n) is 11.2. The van der Waals surface area contributed by atoms with Gasteiger partial charge in [-0.2, -0.15) is 0 Å². The molecule has 2 amide bonds. The number of hydrogen-bond acceptors (Lipinski definition) is 3. The summed E-state index contributed by atoms with van der Waals surface area (Å²) in [7, 11) is 1.41. The van der Waals surface area contributed by atoms with Crippen molar-refractivity contribution in [2.24, 2.45) is 5.41 Å². The van der Waals surface area contributed by atoms with Crippen molar-refractivity contribution >= 4 is 12.0 Å². The van der Waals surface area contributed by atoms with Crippen molar-refractivity contribution in [3.63, 3.8) is 0 Å². The molecule has 1 fully saturated rings. The number of carboxylic acids is 1. The van der Waals surface area contributed by atoms with Crippen molar-refractivity contribution in [3.8, 4) is 0 Å². The second-order valence-electron chi connectivity index (χ2n) is 5.48. The minimum atomic E-state index is -1.08. The van der Waals surface area contributed by atoms with Gasteiger partial charge in [-0.05, 0) is 18.3 Å². The Balaban J connectivity index is 2.55. The van der Waals surface area contributed by atoms with Gasteiger partial charge < -0.3 is 20.1 Å². The third kappa shape index (κ3) is 4.18. The summed E-state index contributed by atoms with van der Waals surface area (Å²) in [5, 5.41) is 11.4. The fourth-order valence-corrected chi connectivity index (χ4v) is 2.18. The fourth-order valence-electron chi connectivity index (χ4n) is 2.18. The number of hydrogen-bond donors (Lipinski definition) is 2. The van der Waals surface area contributed by atoms with E-state index in [0.717, 1.165) is 12.8 Å². The Hall–Kier alpha value is -1.30. The van der Waals surface area contributed by atoms with E-state index < -0.39 is 12.0 Å². The summed E-state index contributed by atoms with van der Waals surface area (Å²) in [5.41, 5.74) is 0.0928. The van der Waals surface area contributed by atoms with Crippen LogP contribution >= 0.6 is 0 Å². The van der Waals surface area contributed by atoms with Crippen LogP contribution in [0.5, 0.6) is 0 Å². The van der Waals surface area contributed by atoms with Crippen molar-refractivity contribution in [3.05, 3.63) is 0 Å². The van der Waals surface area contributed by atoms with Gasteiger partial charge in [-0.3, -0.25) is 0 Å². The molecule has 0 aliphatic carbocycles. The number of nitrogens with zero attached hydrogens (tertiary/aromatic N) is 1. The summed E-state index contributed by atoms with van der Waals surface area (Å²) in [6, 6.07) is -1.32. The molecule has 18 heavy (non-hydrogen) atoms. The summed E-state index contributed by atoms with van der Waals surface area (Å²) in [6.45, 7) is 5.51. The number of carboxylic acid groups (broad SMARTS) is 1. The van der Waals surface area contributed by atoms with Gasteiger partial charge in [0, 0.05) is 20.2 Å². The van der Waals surface area contributed by atoms with Crippen LogP contribution in [-0.2, 0) is 9.53 Å². The maximum absolute atomic E-state index is 12.0. The van der Waals surface area contributed by atoms with Gasteiger partial charge in [0.1, 0.15) is 0 Å². The van der Waals surface area contributed by atoms with E-state index >= 15 is 0 Å². The van der Waals surface area contributed by atoms with Crippen LogP contribution in [0.15, 0.2) is 0 Å². The average Bonchev–Trinajstić information content (AvgIpc) is 2.26. The van der Waals surface area contributed by atoms with Crippen molar-refractivity contribution in [2.45, 2.75) is 32.7 Å². The highest BCUT2D eigenvalue weighted by atomic mass is 16.5. The van der Waals surface area contributed by atoms with E-state index in [0.29, 0.717) is 13.1 Å². The maximum atomic E-state index is 12.0. The zero-order valence-corrected chi connectivity index (χ0v) is 11.2. The van der Waals surface area contributed by atoms with Crippen LogP contribution in [-0.4, -0.2) is 54.9 Å². The monoisotopic (exact) mass is 258 g/mol. The zero-order chi connectivity index (χ0) is 13.8. The number of carbonyl (C=O) groups excluding carboxylic acids is 1. The highest BCUT2D eigenvalue weighted by Crippen LogP contribution is 2.28. The molecule has 0 aromatic heterocycles. The van der Waals surface area contributed by atoms with Crippen LogP contribution in [0.2, 0.25) is 0 Å². The van der Waals surface area contributed by atoms with Crippen molar-refractivity contribution in [2.75, 3.05) is 26.8 Å². The normalized spacial score (nSPS) is 20.3. The van der Waals surface area contributed by atoms with E-state index in [1.807, 2.05) is 0 Å². The highest BCUT2D eigenvalue weighted by molar-refractivity contribution is 5.82. The Bertz CT molecular complexity index is 317. The summed E-state index contributed by atoms with van der Waals surface area (Å²) < 4.78 is 4.78. The van der Waals surface area contributed by atoms with Crippen LogP contribution in [0, 0.1) is 5.41 Å². The quantitative estimate of drug-likeness (QED) is 0.786. The first-order valence-electron chi connectivity index (χ1n) is 6.13. The van der Waals surface area contributed by atoms with Gasteiger partial charge in [0.2, 0.25) is 0 Å². The molecule has 2 N–H and O–H groups in total. The van der Waals surface area contributed by atoms with Crippen molar-refractivity contribution < 1.29 is 19.4 Å². The number of aliphatic carboxylic acids is 1. The summed E-state index contributed by atoms with van der Waals surface area (Å²) in [4.78, 5) is 24.6. The molecule has 0 bridgehead atoms. The van der Waals surface area contributed by atoms with Crippen LogP contribution in [0.25, 0.3) is 0 Å². The number of nitrogens with one attached hydrogen (secondary N) is 1. The number of piperidine rings is 1. The smallest absolute Gasteiger partial charge is 0.328 e. The Morgan fingerprint density at radius 3 is 2.67 bits per heavy atom. The highest BCUT2D eigenvalue weighted by Gasteiger charge is 2.30. The predicted octanol–water partition coefficient (Wildman–Crippen LogP) is 0.918. The van der Waals surface area contributed by atoms with Crippen LogP contribution in [0.3, 0.4) is 0 Å². The van der Waals surface area contributed by atoms with Crippen LogP contribution in [0.4, 0.5) is 4.79 Å². The SMILES string of the molecule is COCC(NC(=O)N1CCCC(C)(C)C1)C(=O)O. The van der Waals surface area contributed by atoms with E-state index in [-0.39, 0.29) is 18.1 Å². The molecule has 1 aliphatic heterocycles. The summed E-state index contributed by atoms with van der Waals surface area (Å²) in [5.74, 6) is -1.08. The van der Waals surface area contributed by atoms with Gasteiger partial charge in [0.15, 0.2) is 6.04 Å². The second kappa shape index (κ2) is 6.04. The van der Waals surface area contributed by atoms with Crippen LogP contribution in [0.1, 0.15) is 26.7 Å². The largest absolute Gasteiger partial charge is 0.480 e. The molecule has 0 saturated carbocycles. The standard InChI is InChI=1S/C12H22N2O4/c1-12(2)5-4-6-14(8-12)11(17)13-9(7-18-3)10(15)16/h9H,4-8H2,1-3H3,(H,13,17)(H,15,16). The first-order valence-corrected chi connectivity index (χ1v) is 6.13. The minimum Gasteiger partial charge on any atom is -0.480 e. The van der Waals surface area contributed by atoms with Gasteiger partial charge in [-0.15, -0.1) is 0 Å². The first-order chi connectivity index (χ1) is 8.35. The van der Waals surface area contributed by atoms with E-state index in [4.69, 9.17) is 9.84 Å². The van der Waals surface area contributed by atoms with Gasteiger partial charge in [0.25, 0.3) is 0 Å². The third-order valence-corrected chi connectivity index (χ3v) is 3.12. The number of carbonyl (C=O) groups is 2. The molecule has 1 unspecified atom stereocenters. The topological polar surface area (TPSA) is 78.9 Å². The number of amides is 2. The van der Waals surface area contributed by atoms with Gasteiger partial charge in [0.05, 0.1) is 6.61 Å². The lowest BCUT2D eigenvalue weighted by Crippen LogP contribution is -2.53. The molecule has 0 aromatic rings. The molecule has 0 aromatic carbocycles. The van der Waals surface area contributed by atoms with E-state index in [1.54, 1.807) is 4.90 Å². The summed E-state index contributed by atoms with van der Waals surface area (Å²) >= 11 is 0. The maximum Gasteiger partial charge on any atom is 0.328 e. The number of urea groups is 1. The molecule has 6 heteroatoms. The molecule has 104 valence electrons. The minimum absolute atomic E-state index is 0.0295. The first kappa shape index (κ1) is 14.8. The average molecular weight is 258 g/mol. The third-order valence-electron chi connectivity index (χ3n) is 3.12. The second-order valence-corrected chi connectivity index (χ2v) is 5.48. The van der Waals surface area contributed by atoms with Gasteiger partial charge >= 0.3 is 12.0 Å². The van der Waals surface area contributed by atoms with Gasteiger partial charge in [-0.25, -0.2) is 9.59 Å². The Morgan fingerprint density at radius 1 is 1.50 bits per heavy atom. The fraction of sp³-hybridized carbons (Fsp3) is 0.833. The molecule has 1 atom stereocenters. The Labute approximate surface area is 107 Å². The summed E-state index contributed by atoms with van der Waals surface area (Å²) in [6.07, 6.45) is 2.03. The van der Waals surface area contributed by atoms with Crippen LogP contribution < -0.4 is 5.32 Å². The molecule has 0 radical (unpaired) electrons. The number of likely N-dealkylation sites (tertiary alicyclic amines) is 1. The molecule has 0 spiro atoms. The number of methoxy groups -OCH3 is 1.